The van der Waals surface area contributed by atoms with Crippen LogP contribution in [0.3, 0.4) is 0 Å². The standard InChI is InChI=1S/C12H10O.C12H10/c13-12-8-6-11(7-9-12)10-4-2-1-3-5-10;1-3-7-11(8-4-1)12-9-5-2-6-10-12/h1-9,13H;1-10H. The molecule has 0 radical (unpaired) electrons. The Kier molecular flexibility index (Phi) is 5.63. The van der Waals surface area contributed by atoms with E-state index in [0.29, 0.717) is 5.75 Å². The highest BCUT2D eigenvalue weighted by Crippen LogP contribution is 2.21. The van der Waals surface area contributed by atoms with E-state index in [1.807, 2.05) is 54.6 Å². The van der Waals surface area contributed by atoms with Gasteiger partial charge in [0.1, 0.15) is 5.75 Å². The molecule has 0 amide bonds. The lowest BCUT2D eigenvalue weighted by molar-refractivity contribution is 0.475. The van der Waals surface area contributed by atoms with Gasteiger partial charge < -0.3 is 5.11 Å². The average molecular weight is 324 g/mol. The molecule has 0 saturated carbocycles. The number of phenols is 1. The first-order valence-electron chi connectivity index (χ1n) is 8.28. The summed E-state index contributed by atoms with van der Waals surface area (Å²) in [4.78, 5) is 0. The molecule has 4 rings (SSSR count). The van der Waals surface area contributed by atoms with Crippen molar-refractivity contribution < 1.29 is 5.11 Å². The zero-order chi connectivity index (χ0) is 17.3. The SMILES string of the molecule is Oc1ccc(-c2ccccc2)cc1.c1ccc(-c2ccccc2)cc1. The molecule has 0 fully saturated rings. The lowest BCUT2D eigenvalue weighted by Crippen LogP contribution is -1.74. The fourth-order valence-electron chi connectivity index (χ4n) is 2.55. The summed E-state index contributed by atoms with van der Waals surface area (Å²) in [7, 11) is 0. The first-order chi connectivity index (χ1) is 12.3. The number of aromatic hydroxyl groups is 1. The largest absolute Gasteiger partial charge is 0.508 e. The van der Waals surface area contributed by atoms with E-state index in [1.54, 1.807) is 12.1 Å². The molecule has 0 unspecified atom stereocenters. The molecule has 1 N–H and O–H groups in total. The maximum atomic E-state index is 9.10. The highest BCUT2D eigenvalue weighted by atomic mass is 16.3. The Balaban J connectivity index is 0.000000146. The van der Waals surface area contributed by atoms with E-state index >= 15 is 0 Å². The summed E-state index contributed by atoms with van der Waals surface area (Å²) in [5.41, 5.74) is 4.84. The minimum atomic E-state index is 0.305. The van der Waals surface area contributed by atoms with Gasteiger partial charge >= 0.3 is 0 Å². The third-order valence-corrected chi connectivity index (χ3v) is 3.86. The van der Waals surface area contributed by atoms with Crippen molar-refractivity contribution in [3.05, 3.63) is 115 Å². The lowest BCUT2D eigenvalue weighted by atomic mass is 10.1. The van der Waals surface area contributed by atoms with E-state index in [1.165, 1.54) is 16.7 Å². The fourth-order valence-corrected chi connectivity index (χ4v) is 2.55. The van der Waals surface area contributed by atoms with Crippen LogP contribution in [0.5, 0.6) is 5.75 Å². The number of rotatable bonds is 2. The molecule has 122 valence electrons. The topological polar surface area (TPSA) is 20.2 Å². The third kappa shape index (κ3) is 4.82. The fraction of sp³-hybridized carbons (Fsp3) is 0. The maximum absolute atomic E-state index is 9.10. The van der Waals surface area contributed by atoms with Gasteiger partial charge in [-0.1, -0.05) is 103 Å². The molecule has 4 aromatic rings. The summed E-state index contributed by atoms with van der Waals surface area (Å²) in [6, 6.07) is 38.1. The number of hydrogen-bond acceptors (Lipinski definition) is 1. The van der Waals surface area contributed by atoms with Gasteiger partial charge in [0, 0.05) is 0 Å². The summed E-state index contributed by atoms with van der Waals surface area (Å²) in [6.45, 7) is 0. The molecule has 25 heavy (non-hydrogen) atoms. The molecule has 1 nitrogen and oxygen atoms in total. The second kappa shape index (κ2) is 8.51. The molecule has 0 saturated heterocycles. The first-order valence-corrected chi connectivity index (χ1v) is 8.28. The van der Waals surface area contributed by atoms with Crippen LogP contribution in [0, 0.1) is 0 Å². The van der Waals surface area contributed by atoms with E-state index in [0.717, 1.165) is 5.56 Å². The van der Waals surface area contributed by atoms with Gasteiger partial charge in [-0.2, -0.15) is 0 Å². The van der Waals surface area contributed by atoms with E-state index in [9.17, 15) is 0 Å². The Labute approximate surface area is 148 Å². The zero-order valence-corrected chi connectivity index (χ0v) is 13.9. The second-order valence-electron chi connectivity index (χ2n) is 5.64. The van der Waals surface area contributed by atoms with Gasteiger partial charge in [0.05, 0.1) is 0 Å². The minimum Gasteiger partial charge on any atom is -0.508 e. The van der Waals surface area contributed by atoms with Crippen molar-refractivity contribution in [3.8, 4) is 28.0 Å². The summed E-state index contributed by atoms with van der Waals surface area (Å²) in [6.07, 6.45) is 0. The van der Waals surface area contributed by atoms with Gasteiger partial charge in [-0.3, -0.25) is 0 Å². The van der Waals surface area contributed by atoms with Crippen molar-refractivity contribution >= 4 is 0 Å². The lowest BCUT2D eigenvalue weighted by Gasteiger charge is -2.00. The predicted molar refractivity (Wildman–Crippen MR) is 105 cm³/mol. The highest BCUT2D eigenvalue weighted by molar-refractivity contribution is 5.64. The summed E-state index contributed by atoms with van der Waals surface area (Å²) < 4.78 is 0. The molecule has 0 bridgehead atoms. The molecule has 1 heteroatoms. The normalized spacial score (nSPS) is 9.76. The summed E-state index contributed by atoms with van der Waals surface area (Å²) >= 11 is 0. The van der Waals surface area contributed by atoms with Gasteiger partial charge in [-0.15, -0.1) is 0 Å². The highest BCUT2D eigenvalue weighted by Gasteiger charge is 1.95. The molecular formula is C24H20O. The van der Waals surface area contributed by atoms with Crippen molar-refractivity contribution in [1.29, 1.82) is 0 Å². The molecule has 0 aliphatic heterocycles. The van der Waals surface area contributed by atoms with Crippen LogP contribution in [0.4, 0.5) is 0 Å². The van der Waals surface area contributed by atoms with Crippen molar-refractivity contribution in [2.24, 2.45) is 0 Å². The van der Waals surface area contributed by atoms with Crippen LogP contribution < -0.4 is 0 Å². The number of hydrogen-bond donors (Lipinski definition) is 1. The van der Waals surface area contributed by atoms with Crippen molar-refractivity contribution in [2.45, 2.75) is 0 Å². The van der Waals surface area contributed by atoms with Crippen molar-refractivity contribution in [2.75, 3.05) is 0 Å². The first kappa shape index (κ1) is 16.5. The van der Waals surface area contributed by atoms with E-state index < -0.39 is 0 Å². The van der Waals surface area contributed by atoms with E-state index in [4.69, 9.17) is 5.11 Å². The molecule has 0 aliphatic carbocycles. The zero-order valence-electron chi connectivity index (χ0n) is 13.9. The Morgan fingerprint density at radius 3 is 0.920 bits per heavy atom. The molecular weight excluding hydrogens is 304 g/mol. The summed E-state index contributed by atoms with van der Waals surface area (Å²) in [5.74, 6) is 0.305. The van der Waals surface area contributed by atoms with Crippen LogP contribution in [0.25, 0.3) is 22.3 Å². The Bertz CT molecular complexity index is 830. The van der Waals surface area contributed by atoms with Gasteiger partial charge in [0.2, 0.25) is 0 Å². The van der Waals surface area contributed by atoms with Gasteiger partial charge in [0.25, 0.3) is 0 Å². The Morgan fingerprint density at radius 1 is 0.320 bits per heavy atom. The minimum absolute atomic E-state index is 0.305. The maximum Gasteiger partial charge on any atom is 0.115 e. The number of benzene rings is 4. The number of phenolic OH excluding ortho intramolecular Hbond substituents is 1. The predicted octanol–water partition coefficient (Wildman–Crippen LogP) is 6.41. The second-order valence-corrected chi connectivity index (χ2v) is 5.64. The van der Waals surface area contributed by atoms with Crippen LogP contribution in [0.2, 0.25) is 0 Å². The van der Waals surface area contributed by atoms with E-state index in [2.05, 4.69) is 48.5 Å². The van der Waals surface area contributed by atoms with Crippen LogP contribution in [0.15, 0.2) is 115 Å². The average Bonchev–Trinajstić information content (AvgIpc) is 2.71. The molecule has 0 spiro atoms. The quantitative estimate of drug-likeness (QED) is 0.451. The molecule has 0 atom stereocenters. The van der Waals surface area contributed by atoms with Crippen molar-refractivity contribution in [3.63, 3.8) is 0 Å². The molecule has 0 aromatic heterocycles. The van der Waals surface area contributed by atoms with Crippen LogP contribution in [-0.4, -0.2) is 5.11 Å². The Morgan fingerprint density at radius 2 is 0.600 bits per heavy atom. The van der Waals surface area contributed by atoms with E-state index in [-0.39, 0.29) is 0 Å². The summed E-state index contributed by atoms with van der Waals surface area (Å²) in [5, 5.41) is 9.10. The smallest absolute Gasteiger partial charge is 0.115 e. The molecule has 0 heterocycles. The van der Waals surface area contributed by atoms with Gasteiger partial charge in [-0.05, 0) is 34.4 Å². The van der Waals surface area contributed by atoms with Crippen molar-refractivity contribution in [1.82, 2.24) is 0 Å². The van der Waals surface area contributed by atoms with Crippen LogP contribution in [0.1, 0.15) is 0 Å². The molecule has 4 aromatic carbocycles. The van der Waals surface area contributed by atoms with Gasteiger partial charge in [0.15, 0.2) is 0 Å². The van der Waals surface area contributed by atoms with Gasteiger partial charge in [-0.25, -0.2) is 0 Å². The molecule has 0 aliphatic rings. The van der Waals surface area contributed by atoms with Crippen LogP contribution in [-0.2, 0) is 0 Å². The van der Waals surface area contributed by atoms with Crippen LogP contribution >= 0.6 is 0 Å². The third-order valence-electron chi connectivity index (χ3n) is 3.86. The monoisotopic (exact) mass is 324 g/mol. The Hall–Kier alpha value is -3.32.